The van der Waals surface area contributed by atoms with E-state index in [1.165, 1.54) is 57.8 Å². The van der Waals surface area contributed by atoms with Gasteiger partial charge in [0.2, 0.25) is 0 Å². The molecule has 3 saturated carbocycles. The highest BCUT2D eigenvalue weighted by Crippen LogP contribution is 2.67. The summed E-state index contributed by atoms with van der Waals surface area (Å²) in [5.74, 6) is 5.46. The molecular weight excluding hydrogens is 438 g/mol. The number of aliphatic hydroxyl groups is 1. The smallest absolute Gasteiger partial charge is 0.320 e. The standard InChI is InChI=1S/C27H46O.C2H5N3O2/c1-18(2)7-6-8-19(3)23-11-12-24-22-10-9-20-17-21(28)13-15-26(20,4)25(22)14-16-27(23,24)5;3-1(6)5-2(4)7/h9,18-19,21-25,28H,6-8,10-17H2,1-5H3;(H5,3,4,5,6,7)/t19-,21+,22+,23-,24+,25+,26+,27-;/m1./s1. The number of imide groups is 1. The number of nitrogens with one attached hydrogen (secondary N) is 1. The van der Waals surface area contributed by atoms with Crippen LogP contribution in [0.1, 0.15) is 105 Å². The zero-order valence-electron chi connectivity index (χ0n) is 22.8. The van der Waals surface area contributed by atoms with Crippen molar-refractivity contribution in [3.63, 3.8) is 0 Å². The maximum absolute atomic E-state index is 10.2. The Hall–Kier alpha value is -1.56. The average molecular weight is 490 g/mol. The number of carbonyl (C=O) groups excluding carboxylic acids is 2. The highest BCUT2D eigenvalue weighted by atomic mass is 16.3. The molecule has 0 aromatic rings. The first kappa shape index (κ1) is 28.0. The highest BCUT2D eigenvalue weighted by molar-refractivity contribution is 5.91. The minimum absolute atomic E-state index is 0.0766. The van der Waals surface area contributed by atoms with Crippen LogP contribution in [0.15, 0.2) is 11.6 Å². The Labute approximate surface area is 213 Å². The maximum atomic E-state index is 10.2. The Bertz CT molecular complexity index is 784. The Kier molecular flexibility index (Phi) is 8.99. The Morgan fingerprint density at radius 3 is 2.31 bits per heavy atom. The molecule has 200 valence electrons. The van der Waals surface area contributed by atoms with Gasteiger partial charge in [0.15, 0.2) is 0 Å². The molecule has 0 aliphatic heterocycles. The Balaban J connectivity index is 0.000000429. The fourth-order valence-electron chi connectivity index (χ4n) is 8.79. The number of primary amides is 2. The van der Waals surface area contributed by atoms with Crippen LogP contribution in [0.5, 0.6) is 0 Å². The van der Waals surface area contributed by atoms with E-state index in [9.17, 15) is 14.7 Å². The molecule has 3 fully saturated rings. The minimum Gasteiger partial charge on any atom is -0.393 e. The number of rotatable bonds is 5. The van der Waals surface area contributed by atoms with Crippen molar-refractivity contribution in [2.75, 3.05) is 0 Å². The highest BCUT2D eigenvalue weighted by Gasteiger charge is 2.59. The van der Waals surface area contributed by atoms with Crippen LogP contribution >= 0.6 is 0 Å². The summed E-state index contributed by atoms with van der Waals surface area (Å²) in [5, 5.41) is 11.8. The monoisotopic (exact) mass is 489 g/mol. The lowest BCUT2D eigenvalue weighted by atomic mass is 9.47. The van der Waals surface area contributed by atoms with E-state index >= 15 is 0 Å². The summed E-state index contributed by atoms with van der Waals surface area (Å²) < 4.78 is 0. The molecule has 4 aliphatic rings. The van der Waals surface area contributed by atoms with Gasteiger partial charge in [-0.15, -0.1) is 0 Å². The van der Waals surface area contributed by atoms with Crippen LogP contribution in [0.25, 0.3) is 0 Å². The molecular formula is C29H51N3O3. The van der Waals surface area contributed by atoms with Crippen molar-refractivity contribution in [1.29, 1.82) is 0 Å². The van der Waals surface area contributed by atoms with E-state index in [2.05, 4.69) is 52.2 Å². The molecule has 0 unspecified atom stereocenters. The largest absolute Gasteiger partial charge is 0.393 e. The number of hydrogen-bond acceptors (Lipinski definition) is 3. The third-order valence-corrected chi connectivity index (χ3v) is 10.5. The second kappa shape index (κ2) is 11.2. The van der Waals surface area contributed by atoms with E-state index < -0.39 is 12.1 Å². The summed E-state index contributed by atoms with van der Waals surface area (Å²) in [6, 6.07) is -1.88. The van der Waals surface area contributed by atoms with E-state index in [-0.39, 0.29) is 6.10 Å². The molecule has 0 aromatic carbocycles. The lowest BCUT2D eigenvalue weighted by molar-refractivity contribution is -0.0573. The van der Waals surface area contributed by atoms with Crippen LogP contribution in [0, 0.1) is 46.3 Å². The third kappa shape index (κ3) is 6.06. The number of amides is 4. The molecule has 8 atom stereocenters. The Morgan fingerprint density at radius 1 is 1.03 bits per heavy atom. The molecule has 35 heavy (non-hydrogen) atoms. The molecule has 4 rings (SSSR count). The fourth-order valence-corrected chi connectivity index (χ4v) is 8.79. The van der Waals surface area contributed by atoms with Crippen molar-refractivity contribution in [1.82, 2.24) is 5.32 Å². The zero-order valence-corrected chi connectivity index (χ0v) is 22.8. The molecule has 4 amide bonds. The first-order valence-electron chi connectivity index (χ1n) is 14.1. The van der Waals surface area contributed by atoms with Gasteiger partial charge in [-0.25, -0.2) is 9.59 Å². The Morgan fingerprint density at radius 2 is 1.71 bits per heavy atom. The number of aliphatic hydroxyl groups excluding tert-OH is 1. The van der Waals surface area contributed by atoms with E-state index in [0.717, 1.165) is 48.3 Å². The predicted molar refractivity (Wildman–Crippen MR) is 141 cm³/mol. The molecule has 0 radical (unpaired) electrons. The van der Waals surface area contributed by atoms with Crippen molar-refractivity contribution in [3.05, 3.63) is 11.6 Å². The van der Waals surface area contributed by atoms with Gasteiger partial charge >= 0.3 is 12.1 Å². The molecule has 0 heterocycles. The van der Waals surface area contributed by atoms with Crippen LogP contribution in [-0.2, 0) is 0 Å². The topological polar surface area (TPSA) is 118 Å². The number of nitrogens with two attached hydrogens (primary N) is 2. The van der Waals surface area contributed by atoms with E-state index in [1.807, 2.05) is 0 Å². The van der Waals surface area contributed by atoms with Gasteiger partial charge < -0.3 is 16.6 Å². The van der Waals surface area contributed by atoms with Crippen LogP contribution in [0.3, 0.4) is 0 Å². The third-order valence-electron chi connectivity index (χ3n) is 10.5. The molecule has 0 aromatic heterocycles. The fraction of sp³-hybridized carbons (Fsp3) is 0.862. The van der Waals surface area contributed by atoms with E-state index in [1.54, 1.807) is 10.9 Å². The zero-order chi connectivity index (χ0) is 26.0. The summed E-state index contributed by atoms with van der Waals surface area (Å²) in [5.41, 5.74) is 11.5. The van der Waals surface area contributed by atoms with Gasteiger partial charge in [-0.1, -0.05) is 65.5 Å². The number of fused-ring (bicyclic) bond motifs is 5. The molecule has 6 N–H and O–H groups in total. The van der Waals surface area contributed by atoms with Crippen molar-refractivity contribution in [3.8, 4) is 0 Å². The molecule has 4 aliphatic carbocycles. The molecule has 0 spiro atoms. The van der Waals surface area contributed by atoms with Gasteiger partial charge in [0.1, 0.15) is 0 Å². The van der Waals surface area contributed by atoms with Gasteiger partial charge in [0.25, 0.3) is 0 Å². The van der Waals surface area contributed by atoms with Gasteiger partial charge in [-0.2, -0.15) is 0 Å². The summed E-state index contributed by atoms with van der Waals surface area (Å²) in [6.07, 6.45) is 17.2. The van der Waals surface area contributed by atoms with Crippen LogP contribution < -0.4 is 16.8 Å². The van der Waals surface area contributed by atoms with Gasteiger partial charge in [0.05, 0.1) is 6.10 Å². The summed E-state index contributed by atoms with van der Waals surface area (Å²) in [4.78, 5) is 19.2. The van der Waals surface area contributed by atoms with Crippen molar-refractivity contribution >= 4 is 12.1 Å². The maximum Gasteiger partial charge on any atom is 0.320 e. The van der Waals surface area contributed by atoms with E-state index in [4.69, 9.17) is 0 Å². The predicted octanol–water partition coefficient (Wildman–Crippen LogP) is 6.12. The first-order chi connectivity index (χ1) is 16.4. The summed E-state index contributed by atoms with van der Waals surface area (Å²) in [7, 11) is 0. The van der Waals surface area contributed by atoms with Crippen molar-refractivity contribution in [2.45, 2.75) is 111 Å². The summed E-state index contributed by atoms with van der Waals surface area (Å²) >= 11 is 0. The first-order valence-corrected chi connectivity index (χ1v) is 14.1. The minimum atomic E-state index is -0.938. The number of urea groups is 2. The molecule has 0 bridgehead atoms. The van der Waals surface area contributed by atoms with Gasteiger partial charge in [-0.3, -0.25) is 5.32 Å². The quantitative estimate of drug-likeness (QED) is 0.348. The summed E-state index contributed by atoms with van der Waals surface area (Å²) in [6.45, 7) is 12.6. The van der Waals surface area contributed by atoms with Crippen molar-refractivity contribution < 1.29 is 14.7 Å². The lowest BCUT2D eigenvalue weighted by Crippen LogP contribution is -2.50. The average Bonchev–Trinajstić information content (AvgIpc) is 3.10. The second-order valence-corrected chi connectivity index (χ2v) is 13.0. The van der Waals surface area contributed by atoms with Crippen molar-refractivity contribution in [2.24, 2.45) is 57.8 Å². The normalized spacial score (nSPS) is 38.7. The number of allylic oxidation sites excluding steroid dienone is 1. The molecule has 6 heteroatoms. The van der Waals surface area contributed by atoms with Gasteiger partial charge in [0, 0.05) is 0 Å². The molecule has 6 nitrogen and oxygen atoms in total. The van der Waals surface area contributed by atoms with E-state index in [0.29, 0.717) is 10.8 Å². The molecule has 0 saturated heterocycles. The van der Waals surface area contributed by atoms with Gasteiger partial charge in [-0.05, 0) is 97.7 Å². The van der Waals surface area contributed by atoms with Crippen LogP contribution in [-0.4, -0.2) is 23.3 Å². The van der Waals surface area contributed by atoms with Crippen LogP contribution in [0.2, 0.25) is 0 Å². The second-order valence-electron chi connectivity index (χ2n) is 13.0. The lowest BCUT2D eigenvalue weighted by Gasteiger charge is -2.58. The number of hydrogen-bond donors (Lipinski definition) is 4. The SMILES string of the molecule is CC(C)CCC[C@@H](C)[C@H]1CC[C@H]2[C@@H]3CC=C4C[C@@H](O)CC[C@]4(C)[C@H]3CC[C@]12C.NC(=O)NC(N)=O. The van der Waals surface area contributed by atoms with Crippen LogP contribution in [0.4, 0.5) is 9.59 Å². The number of carbonyl (C=O) groups is 2.